The average molecular weight is 270 g/mol. The number of hydrogen-bond donors (Lipinski definition) is 2. The molecule has 102 valence electrons. The van der Waals surface area contributed by atoms with E-state index in [1.807, 2.05) is 0 Å². The monoisotopic (exact) mass is 270 g/mol. The molecule has 0 atom stereocenters. The lowest BCUT2D eigenvalue weighted by Gasteiger charge is -2.20. The number of benzene rings is 2. The summed E-state index contributed by atoms with van der Waals surface area (Å²) in [7, 11) is 1.52. The molecule has 5 nitrogen and oxygen atoms in total. The van der Waals surface area contributed by atoms with E-state index in [9.17, 15) is 9.59 Å². The number of rotatable bonds is 3. The van der Waals surface area contributed by atoms with Gasteiger partial charge in [0.25, 0.3) is 5.91 Å². The quantitative estimate of drug-likeness (QED) is 0.838. The first kappa shape index (κ1) is 13.6. The van der Waals surface area contributed by atoms with E-state index in [0.29, 0.717) is 16.9 Å². The van der Waals surface area contributed by atoms with Gasteiger partial charge in [-0.25, -0.2) is 4.79 Å². The first-order valence-corrected chi connectivity index (χ1v) is 5.97. The molecular weight excluding hydrogens is 256 g/mol. The molecule has 1 amide bonds. The van der Waals surface area contributed by atoms with E-state index in [0.717, 1.165) is 0 Å². The van der Waals surface area contributed by atoms with Crippen molar-refractivity contribution in [3.8, 4) is 0 Å². The van der Waals surface area contributed by atoms with Crippen LogP contribution in [0.1, 0.15) is 20.7 Å². The standard InChI is InChI=1S/C15H14N2O3/c1-17(13-9-5-3-7-11(13)15(19)20)14(18)10-6-2-4-8-12(10)16/h2-9H,16H2,1H3,(H,19,20). The Morgan fingerprint density at radius 1 is 1.00 bits per heavy atom. The van der Waals surface area contributed by atoms with E-state index < -0.39 is 5.97 Å². The number of nitrogens with two attached hydrogens (primary N) is 1. The molecule has 0 radical (unpaired) electrons. The summed E-state index contributed by atoms with van der Waals surface area (Å²) in [5.41, 5.74) is 6.87. The van der Waals surface area contributed by atoms with Gasteiger partial charge in [0.05, 0.1) is 16.8 Å². The van der Waals surface area contributed by atoms with Gasteiger partial charge in [-0.15, -0.1) is 0 Å². The number of aromatic carboxylic acids is 1. The van der Waals surface area contributed by atoms with Crippen LogP contribution < -0.4 is 10.6 Å². The van der Waals surface area contributed by atoms with Crippen molar-refractivity contribution in [2.45, 2.75) is 0 Å². The molecule has 0 unspecified atom stereocenters. The van der Waals surface area contributed by atoms with Crippen LogP contribution >= 0.6 is 0 Å². The molecule has 0 bridgehead atoms. The van der Waals surface area contributed by atoms with Gasteiger partial charge >= 0.3 is 5.97 Å². The van der Waals surface area contributed by atoms with Gasteiger partial charge in [-0.05, 0) is 24.3 Å². The third-order valence-electron chi connectivity index (χ3n) is 2.99. The normalized spacial score (nSPS) is 10.1. The van der Waals surface area contributed by atoms with Crippen molar-refractivity contribution < 1.29 is 14.7 Å². The summed E-state index contributed by atoms with van der Waals surface area (Å²) in [5.74, 6) is -1.43. The molecule has 5 heteroatoms. The molecule has 3 N–H and O–H groups in total. The van der Waals surface area contributed by atoms with E-state index in [1.54, 1.807) is 42.5 Å². The number of carbonyl (C=O) groups excluding carboxylic acids is 1. The zero-order chi connectivity index (χ0) is 14.7. The van der Waals surface area contributed by atoms with Crippen LogP contribution in [0.15, 0.2) is 48.5 Å². The molecule has 0 fully saturated rings. The number of anilines is 2. The number of nitrogen functional groups attached to an aromatic ring is 1. The summed E-state index contributed by atoms with van der Waals surface area (Å²) in [6.45, 7) is 0. The largest absolute Gasteiger partial charge is 0.478 e. The average Bonchev–Trinajstić information content (AvgIpc) is 2.46. The Morgan fingerprint density at radius 2 is 1.55 bits per heavy atom. The van der Waals surface area contributed by atoms with Crippen molar-refractivity contribution in [3.63, 3.8) is 0 Å². The van der Waals surface area contributed by atoms with Gasteiger partial charge < -0.3 is 15.7 Å². The Hall–Kier alpha value is -2.82. The molecule has 2 rings (SSSR count). The van der Waals surface area contributed by atoms with Gasteiger partial charge in [0.15, 0.2) is 0 Å². The first-order chi connectivity index (χ1) is 9.52. The fourth-order valence-electron chi connectivity index (χ4n) is 1.93. The molecule has 0 saturated heterocycles. The topological polar surface area (TPSA) is 83.6 Å². The van der Waals surface area contributed by atoms with E-state index >= 15 is 0 Å². The number of carboxylic acids is 1. The number of hydrogen-bond acceptors (Lipinski definition) is 3. The van der Waals surface area contributed by atoms with Crippen LogP contribution in [-0.4, -0.2) is 24.0 Å². The molecular formula is C15H14N2O3. The lowest BCUT2D eigenvalue weighted by molar-refractivity contribution is 0.0697. The number of amides is 1. The zero-order valence-electron chi connectivity index (χ0n) is 10.9. The molecule has 2 aromatic carbocycles. The van der Waals surface area contributed by atoms with Crippen molar-refractivity contribution in [1.82, 2.24) is 0 Å². The summed E-state index contributed by atoms with van der Waals surface area (Å²) in [4.78, 5) is 24.9. The Balaban J connectivity index is 2.42. The van der Waals surface area contributed by atoms with E-state index in [1.165, 1.54) is 18.0 Å². The first-order valence-electron chi connectivity index (χ1n) is 5.97. The Morgan fingerprint density at radius 3 is 2.15 bits per heavy atom. The predicted octanol–water partition coefficient (Wildman–Crippen LogP) is 2.24. The van der Waals surface area contributed by atoms with Gasteiger partial charge in [0, 0.05) is 12.7 Å². The Bertz CT molecular complexity index is 668. The molecule has 0 aromatic heterocycles. The maximum Gasteiger partial charge on any atom is 0.337 e. The highest BCUT2D eigenvalue weighted by atomic mass is 16.4. The second kappa shape index (κ2) is 5.44. The van der Waals surface area contributed by atoms with Crippen molar-refractivity contribution in [2.24, 2.45) is 0 Å². The molecule has 0 aliphatic rings. The SMILES string of the molecule is CN(C(=O)c1ccccc1N)c1ccccc1C(=O)O. The highest BCUT2D eigenvalue weighted by molar-refractivity contribution is 6.11. The van der Waals surface area contributed by atoms with Crippen molar-refractivity contribution in [3.05, 3.63) is 59.7 Å². The van der Waals surface area contributed by atoms with E-state index in [4.69, 9.17) is 10.8 Å². The van der Waals surface area contributed by atoms with Gasteiger partial charge in [-0.1, -0.05) is 24.3 Å². The summed E-state index contributed by atoms with van der Waals surface area (Å²) in [6.07, 6.45) is 0. The van der Waals surface area contributed by atoms with Crippen LogP contribution in [0.3, 0.4) is 0 Å². The predicted molar refractivity (Wildman–Crippen MR) is 77.0 cm³/mol. The molecule has 2 aromatic rings. The molecule has 0 aliphatic carbocycles. The number of carbonyl (C=O) groups is 2. The molecule has 0 aliphatic heterocycles. The summed E-state index contributed by atoms with van der Waals surface area (Å²) < 4.78 is 0. The van der Waals surface area contributed by atoms with E-state index in [2.05, 4.69) is 0 Å². The second-order valence-electron chi connectivity index (χ2n) is 4.27. The van der Waals surface area contributed by atoms with E-state index in [-0.39, 0.29) is 11.5 Å². The minimum Gasteiger partial charge on any atom is -0.478 e. The second-order valence-corrected chi connectivity index (χ2v) is 4.27. The summed E-state index contributed by atoms with van der Waals surface area (Å²) in [5, 5.41) is 9.16. The fourth-order valence-corrected chi connectivity index (χ4v) is 1.93. The van der Waals surface area contributed by atoms with Gasteiger partial charge in [0.2, 0.25) is 0 Å². The highest BCUT2D eigenvalue weighted by Crippen LogP contribution is 2.22. The van der Waals surface area contributed by atoms with Crippen LogP contribution in [0.25, 0.3) is 0 Å². The van der Waals surface area contributed by atoms with Crippen molar-refractivity contribution >= 4 is 23.3 Å². The number of carboxylic acid groups (broad SMARTS) is 1. The van der Waals surface area contributed by atoms with Crippen molar-refractivity contribution in [2.75, 3.05) is 17.7 Å². The Kier molecular flexibility index (Phi) is 3.70. The zero-order valence-corrected chi connectivity index (χ0v) is 10.9. The molecule has 0 spiro atoms. The number of para-hydroxylation sites is 2. The summed E-state index contributed by atoms with van der Waals surface area (Å²) >= 11 is 0. The van der Waals surface area contributed by atoms with Gasteiger partial charge in [-0.3, -0.25) is 4.79 Å². The van der Waals surface area contributed by atoms with Gasteiger partial charge in [0.1, 0.15) is 0 Å². The molecule has 0 saturated carbocycles. The van der Waals surface area contributed by atoms with Crippen LogP contribution in [0.5, 0.6) is 0 Å². The molecule has 20 heavy (non-hydrogen) atoms. The summed E-state index contributed by atoms with van der Waals surface area (Å²) in [6, 6.07) is 13.0. The highest BCUT2D eigenvalue weighted by Gasteiger charge is 2.20. The lowest BCUT2D eigenvalue weighted by atomic mass is 10.1. The minimum atomic E-state index is -1.08. The van der Waals surface area contributed by atoms with Crippen LogP contribution in [-0.2, 0) is 0 Å². The lowest BCUT2D eigenvalue weighted by Crippen LogP contribution is -2.28. The van der Waals surface area contributed by atoms with Crippen LogP contribution in [0.2, 0.25) is 0 Å². The van der Waals surface area contributed by atoms with Gasteiger partial charge in [-0.2, -0.15) is 0 Å². The number of nitrogens with zero attached hydrogens (tertiary/aromatic N) is 1. The smallest absolute Gasteiger partial charge is 0.337 e. The molecule has 0 heterocycles. The third-order valence-corrected chi connectivity index (χ3v) is 2.99. The van der Waals surface area contributed by atoms with Crippen molar-refractivity contribution in [1.29, 1.82) is 0 Å². The fraction of sp³-hybridized carbons (Fsp3) is 0.0667. The maximum absolute atomic E-state index is 12.4. The Labute approximate surface area is 116 Å². The minimum absolute atomic E-state index is 0.0675. The third kappa shape index (κ3) is 2.47. The van der Waals surface area contributed by atoms with Crippen LogP contribution in [0, 0.1) is 0 Å². The maximum atomic E-state index is 12.4. The van der Waals surface area contributed by atoms with Crippen LogP contribution in [0.4, 0.5) is 11.4 Å².